The number of benzene rings is 1. The molecule has 0 aliphatic heterocycles. The molecule has 0 bridgehead atoms. The minimum atomic E-state index is 0.674. The quantitative estimate of drug-likeness (QED) is 0.898. The minimum Gasteiger partial charge on any atom is -0.373 e. The zero-order valence-electron chi connectivity index (χ0n) is 10.4. The Labute approximate surface area is 120 Å². The number of aromatic nitrogens is 2. The molecule has 0 spiro atoms. The van der Waals surface area contributed by atoms with Gasteiger partial charge in [-0.05, 0) is 26.0 Å². The summed E-state index contributed by atoms with van der Waals surface area (Å²) < 4.78 is 0.929. The predicted octanol–water partition coefficient (Wildman–Crippen LogP) is 4.22. The van der Waals surface area contributed by atoms with E-state index in [0.29, 0.717) is 10.8 Å². The first-order chi connectivity index (χ1) is 8.54. The molecule has 2 rings (SSSR count). The van der Waals surface area contributed by atoms with Crippen molar-refractivity contribution in [2.45, 2.75) is 13.8 Å². The lowest BCUT2D eigenvalue weighted by atomic mass is 10.1. The number of rotatable bonds is 2. The van der Waals surface area contributed by atoms with Crippen LogP contribution >= 0.6 is 27.5 Å². The van der Waals surface area contributed by atoms with Gasteiger partial charge in [-0.3, -0.25) is 0 Å². The second-order valence-corrected chi connectivity index (χ2v) is 5.20. The third kappa shape index (κ3) is 2.35. The molecule has 18 heavy (non-hydrogen) atoms. The molecule has 0 aliphatic rings. The van der Waals surface area contributed by atoms with Crippen molar-refractivity contribution in [3.8, 4) is 11.3 Å². The normalized spacial score (nSPS) is 10.5. The minimum absolute atomic E-state index is 0.674. The summed E-state index contributed by atoms with van der Waals surface area (Å²) in [6, 6.07) is 5.72. The van der Waals surface area contributed by atoms with Crippen LogP contribution in [0.4, 0.5) is 5.82 Å². The van der Waals surface area contributed by atoms with Crippen LogP contribution in [0.15, 0.2) is 22.7 Å². The Morgan fingerprint density at radius 2 is 1.94 bits per heavy atom. The second kappa shape index (κ2) is 5.24. The summed E-state index contributed by atoms with van der Waals surface area (Å²) in [4.78, 5) is 8.86. The van der Waals surface area contributed by atoms with Crippen molar-refractivity contribution in [3.63, 3.8) is 0 Å². The molecule has 2 aromatic rings. The van der Waals surface area contributed by atoms with Crippen LogP contribution in [0.25, 0.3) is 11.3 Å². The number of hydrogen-bond donors (Lipinski definition) is 1. The standard InChI is InChI=1S/C13H13BrClN3/c1-7-12(17-8(2)18-13(7)16-3)11-9(14)5-4-6-10(11)15/h4-6H,1-3H3,(H,16,17,18). The lowest BCUT2D eigenvalue weighted by molar-refractivity contribution is 1.04. The maximum atomic E-state index is 6.27. The highest BCUT2D eigenvalue weighted by Gasteiger charge is 2.15. The van der Waals surface area contributed by atoms with Gasteiger partial charge in [0.25, 0.3) is 0 Å². The van der Waals surface area contributed by atoms with Crippen molar-refractivity contribution in [2.75, 3.05) is 12.4 Å². The van der Waals surface area contributed by atoms with Crippen molar-refractivity contribution in [3.05, 3.63) is 39.1 Å². The van der Waals surface area contributed by atoms with E-state index in [-0.39, 0.29) is 0 Å². The van der Waals surface area contributed by atoms with Crippen LogP contribution in [0.5, 0.6) is 0 Å². The Balaban J connectivity index is 2.75. The van der Waals surface area contributed by atoms with E-state index >= 15 is 0 Å². The lowest BCUT2D eigenvalue weighted by Gasteiger charge is -2.13. The van der Waals surface area contributed by atoms with Crippen LogP contribution in [0, 0.1) is 13.8 Å². The fourth-order valence-electron chi connectivity index (χ4n) is 1.84. The van der Waals surface area contributed by atoms with Crippen molar-refractivity contribution in [1.82, 2.24) is 9.97 Å². The summed E-state index contributed by atoms with van der Waals surface area (Å²) in [6.07, 6.45) is 0. The molecule has 1 aromatic carbocycles. The van der Waals surface area contributed by atoms with Crippen molar-refractivity contribution < 1.29 is 0 Å². The van der Waals surface area contributed by atoms with Crippen LogP contribution in [-0.4, -0.2) is 17.0 Å². The lowest BCUT2D eigenvalue weighted by Crippen LogP contribution is -2.03. The van der Waals surface area contributed by atoms with Gasteiger partial charge < -0.3 is 5.32 Å². The molecular formula is C13H13BrClN3. The molecule has 0 saturated heterocycles. The summed E-state index contributed by atoms with van der Waals surface area (Å²) in [5, 5.41) is 3.75. The van der Waals surface area contributed by atoms with E-state index in [2.05, 4.69) is 31.2 Å². The molecule has 5 heteroatoms. The van der Waals surface area contributed by atoms with Crippen molar-refractivity contribution in [1.29, 1.82) is 0 Å². The molecule has 0 unspecified atom stereocenters. The van der Waals surface area contributed by atoms with Gasteiger partial charge in [0.1, 0.15) is 11.6 Å². The maximum Gasteiger partial charge on any atom is 0.132 e. The average Bonchev–Trinajstić information content (AvgIpc) is 2.32. The SMILES string of the molecule is CNc1nc(C)nc(-c2c(Cl)cccc2Br)c1C. The van der Waals surface area contributed by atoms with Gasteiger partial charge in [0, 0.05) is 22.6 Å². The molecule has 0 saturated carbocycles. The molecule has 0 radical (unpaired) electrons. The zero-order chi connectivity index (χ0) is 13.3. The van der Waals surface area contributed by atoms with Crippen LogP contribution in [0.3, 0.4) is 0 Å². The Hall–Kier alpha value is -1.13. The smallest absolute Gasteiger partial charge is 0.132 e. The zero-order valence-corrected chi connectivity index (χ0v) is 12.7. The highest BCUT2D eigenvalue weighted by molar-refractivity contribution is 9.10. The van der Waals surface area contributed by atoms with E-state index in [1.807, 2.05) is 39.1 Å². The number of anilines is 1. The largest absolute Gasteiger partial charge is 0.373 e. The van der Waals surface area contributed by atoms with Gasteiger partial charge in [0.15, 0.2) is 0 Å². The summed E-state index contributed by atoms with van der Waals surface area (Å²) in [6.45, 7) is 3.85. The molecule has 1 aromatic heterocycles. The van der Waals surface area contributed by atoms with Gasteiger partial charge in [0.2, 0.25) is 0 Å². The molecular weight excluding hydrogens is 314 g/mol. The summed E-state index contributed by atoms with van der Waals surface area (Å²) in [5.74, 6) is 1.54. The maximum absolute atomic E-state index is 6.27. The molecule has 0 amide bonds. The van der Waals surface area contributed by atoms with Crippen LogP contribution < -0.4 is 5.32 Å². The Kier molecular flexibility index (Phi) is 3.88. The average molecular weight is 327 g/mol. The van der Waals surface area contributed by atoms with E-state index in [1.54, 1.807) is 0 Å². The monoisotopic (exact) mass is 325 g/mol. The van der Waals surface area contributed by atoms with Crippen LogP contribution in [0.2, 0.25) is 5.02 Å². The van der Waals surface area contributed by atoms with E-state index < -0.39 is 0 Å². The molecule has 1 N–H and O–H groups in total. The first-order valence-electron chi connectivity index (χ1n) is 5.52. The van der Waals surface area contributed by atoms with Crippen LogP contribution in [0.1, 0.15) is 11.4 Å². The van der Waals surface area contributed by atoms with Gasteiger partial charge in [-0.1, -0.05) is 33.6 Å². The highest BCUT2D eigenvalue weighted by atomic mass is 79.9. The van der Waals surface area contributed by atoms with E-state index in [4.69, 9.17) is 11.6 Å². The third-order valence-electron chi connectivity index (χ3n) is 2.69. The number of nitrogens with zero attached hydrogens (tertiary/aromatic N) is 2. The topological polar surface area (TPSA) is 37.8 Å². The summed E-state index contributed by atoms with van der Waals surface area (Å²) in [7, 11) is 1.85. The van der Waals surface area contributed by atoms with Gasteiger partial charge in [-0.15, -0.1) is 0 Å². The fourth-order valence-corrected chi connectivity index (χ4v) is 2.77. The molecule has 3 nitrogen and oxygen atoms in total. The Bertz CT molecular complexity index is 579. The van der Waals surface area contributed by atoms with E-state index in [9.17, 15) is 0 Å². The van der Waals surface area contributed by atoms with Gasteiger partial charge in [-0.25, -0.2) is 9.97 Å². The van der Waals surface area contributed by atoms with Gasteiger partial charge >= 0.3 is 0 Å². The Morgan fingerprint density at radius 3 is 2.56 bits per heavy atom. The molecule has 0 aliphatic carbocycles. The van der Waals surface area contributed by atoms with E-state index in [1.165, 1.54) is 0 Å². The number of hydrogen-bond acceptors (Lipinski definition) is 3. The van der Waals surface area contributed by atoms with Crippen molar-refractivity contribution in [2.24, 2.45) is 0 Å². The predicted molar refractivity (Wildman–Crippen MR) is 79.2 cm³/mol. The van der Waals surface area contributed by atoms with Crippen molar-refractivity contribution >= 4 is 33.3 Å². The first-order valence-corrected chi connectivity index (χ1v) is 6.69. The Morgan fingerprint density at radius 1 is 1.22 bits per heavy atom. The molecule has 0 fully saturated rings. The fraction of sp³-hybridized carbons (Fsp3) is 0.231. The van der Waals surface area contributed by atoms with Crippen LogP contribution in [-0.2, 0) is 0 Å². The highest BCUT2D eigenvalue weighted by Crippen LogP contribution is 2.36. The molecule has 94 valence electrons. The van der Waals surface area contributed by atoms with Gasteiger partial charge in [-0.2, -0.15) is 0 Å². The summed E-state index contributed by atoms with van der Waals surface area (Å²) >= 11 is 9.80. The first kappa shape index (κ1) is 13.3. The molecule has 1 heterocycles. The third-order valence-corrected chi connectivity index (χ3v) is 3.67. The number of nitrogens with one attached hydrogen (secondary N) is 1. The summed E-state index contributed by atoms with van der Waals surface area (Å²) in [5.41, 5.74) is 2.74. The van der Waals surface area contributed by atoms with E-state index in [0.717, 1.165) is 27.1 Å². The molecule has 0 atom stereocenters. The second-order valence-electron chi connectivity index (χ2n) is 3.94. The number of aryl methyl sites for hydroxylation is 1. The van der Waals surface area contributed by atoms with Gasteiger partial charge in [0.05, 0.1) is 10.7 Å². The number of halogens is 2.